The largest absolute Gasteiger partial charge is 0.487 e. The molecule has 2 aliphatic heterocycles. The second-order valence-electron chi connectivity index (χ2n) is 12.3. The third kappa shape index (κ3) is 6.50. The summed E-state index contributed by atoms with van der Waals surface area (Å²) in [4.78, 5) is 28.5. The molecule has 0 bridgehead atoms. The predicted molar refractivity (Wildman–Crippen MR) is 146 cm³/mol. The van der Waals surface area contributed by atoms with Gasteiger partial charge in [0, 0.05) is 18.5 Å². The fraction of sp³-hybridized carbons (Fsp3) is 0.714. The SMILES string of the molecule is CC[C@@H](C)C(=O)N[C@H](C(=O)N1CC[C@@H]2[C@H]1[C@@H](Oc1ccc(C)c(F)c1)CN2S(=O)(=O)CC(C)C)C(C)(C)C. The van der Waals surface area contributed by atoms with Gasteiger partial charge in [0.05, 0.1) is 24.4 Å². The van der Waals surface area contributed by atoms with Crippen LogP contribution in [0.1, 0.15) is 66.9 Å². The van der Waals surface area contributed by atoms with E-state index in [1.54, 1.807) is 24.0 Å². The minimum Gasteiger partial charge on any atom is -0.487 e. The summed E-state index contributed by atoms with van der Waals surface area (Å²) in [6.07, 6.45) is 0.435. The van der Waals surface area contributed by atoms with Gasteiger partial charge in [0.15, 0.2) is 0 Å². The number of sulfonamides is 1. The standard InChI is InChI=1S/C28H44FN3O5S/c1-9-18(4)26(33)30-25(28(6,7)8)27(34)31-13-12-22-24(31)23(15-32(22)38(35,36)16-17(2)3)37-20-11-10-19(5)21(29)14-20/h10-11,14,17-18,22-25H,9,12-13,15-16H2,1-8H3,(H,30,33)/t18-,22-,23+,24+,25-/m1/s1. The summed E-state index contributed by atoms with van der Waals surface area (Å²) < 4.78 is 48.7. The van der Waals surface area contributed by atoms with E-state index in [0.717, 1.165) is 0 Å². The topological polar surface area (TPSA) is 96.0 Å². The van der Waals surface area contributed by atoms with Gasteiger partial charge < -0.3 is 15.0 Å². The van der Waals surface area contributed by atoms with E-state index in [1.807, 2.05) is 48.5 Å². The van der Waals surface area contributed by atoms with Crippen molar-refractivity contribution in [2.75, 3.05) is 18.8 Å². The number of nitrogens with one attached hydrogen (secondary N) is 1. The zero-order chi connectivity index (χ0) is 28.6. The molecular formula is C28H44FN3O5S. The highest BCUT2D eigenvalue weighted by molar-refractivity contribution is 7.89. The molecule has 0 saturated carbocycles. The Bertz CT molecular complexity index is 1130. The number of ether oxygens (including phenoxy) is 1. The lowest BCUT2D eigenvalue weighted by Gasteiger charge is -2.37. The Kier molecular flexibility index (Phi) is 9.18. The molecule has 0 spiro atoms. The molecule has 0 radical (unpaired) electrons. The minimum absolute atomic E-state index is 0.00831. The number of amides is 2. The monoisotopic (exact) mass is 553 g/mol. The molecule has 10 heteroatoms. The summed E-state index contributed by atoms with van der Waals surface area (Å²) in [6, 6.07) is 2.77. The van der Waals surface area contributed by atoms with E-state index in [9.17, 15) is 22.4 Å². The van der Waals surface area contributed by atoms with Crippen LogP contribution in [0.5, 0.6) is 5.75 Å². The smallest absolute Gasteiger partial charge is 0.246 e. The molecule has 0 unspecified atom stereocenters. The quantitative estimate of drug-likeness (QED) is 0.503. The van der Waals surface area contributed by atoms with Gasteiger partial charge in [0.25, 0.3) is 0 Å². The van der Waals surface area contributed by atoms with Gasteiger partial charge in [0.1, 0.15) is 23.7 Å². The number of fused-ring (bicyclic) bond motifs is 1. The molecule has 0 aromatic heterocycles. The molecule has 2 fully saturated rings. The first-order valence-electron chi connectivity index (χ1n) is 13.6. The number of hydrogen-bond donors (Lipinski definition) is 1. The third-order valence-corrected chi connectivity index (χ3v) is 9.83. The molecule has 0 aliphatic carbocycles. The van der Waals surface area contributed by atoms with E-state index in [4.69, 9.17) is 4.74 Å². The number of carbonyl (C=O) groups excluding carboxylic acids is 2. The summed E-state index contributed by atoms with van der Waals surface area (Å²) >= 11 is 0. The van der Waals surface area contributed by atoms with Crippen LogP contribution in [0.2, 0.25) is 0 Å². The Hall–Kier alpha value is -2.20. The lowest BCUT2D eigenvalue weighted by Crippen LogP contribution is -2.58. The van der Waals surface area contributed by atoms with Gasteiger partial charge in [-0.3, -0.25) is 9.59 Å². The highest BCUT2D eigenvalue weighted by atomic mass is 32.2. The molecule has 2 aliphatic rings. The Morgan fingerprint density at radius 3 is 2.42 bits per heavy atom. The third-order valence-electron chi connectivity index (χ3n) is 7.61. The number of likely N-dealkylation sites (tertiary alicyclic amines) is 1. The number of halogens is 1. The van der Waals surface area contributed by atoms with Gasteiger partial charge in [0.2, 0.25) is 21.8 Å². The number of aryl methyl sites for hydroxylation is 1. The van der Waals surface area contributed by atoms with Crippen molar-refractivity contribution in [3.8, 4) is 5.75 Å². The molecule has 5 atom stereocenters. The molecule has 2 amide bonds. The molecule has 214 valence electrons. The molecule has 1 aromatic carbocycles. The second-order valence-corrected chi connectivity index (χ2v) is 14.3. The summed E-state index contributed by atoms with van der Waals surface area (Å²) in [7, 11) is -3.61. The van der Waals surface area contributed by atoms with Crippen LogP contribution < -0.4 is 10.1 Å². The van der Waals surface area contributed by atoms with E-state index in [2.05, 4.69) is 5.32 Å². The van der Waals surface area contributed by atoms with Crippen LogP contribution in [0, 0.1) is 30.0 Å². The Morgan fingerprint density at radius 1 is 1.21 bits per heavy atom. The van der Waals surface area contributed by atoms with Crippen molar-refractivity contribution in [1.29, 1.82) is 0 Å². The van der Waals surface area contributed by atoms with Crippen molar-refractivity contribution in [2.45, 2.75) is 92.5 Å². The number of hydrogen-bond acceptors (Lipinski definition) is 5. The van der Waals surface area contributed by atoms with Crippen molar-refractivity contribution in [3.05, 3.63) is 29.6 Å². The molecule has 8 nitrogen and oxygen atoms in total. The van der Waals surface area contributed by atoms with Crippen molar-refractivity contribution < 1.29 is 27.1 Å². The van der Waals surface area contributed by atoms with E-state index in [-0.39, 0.29) is 41.7 Å². The summed E-state index contributed by atoms with van der Waals surface area (Å²) in [5.74, 6) is -0.885. The number of benzene rings is 1. The first-order valence-corrected chi connectivity index (χ1v) is 15.2. The van der Waals surface area contributed by atoms with Crippen LogP contribution in [0.15, 0.2) is 18.2 Å². The normalized spacial score (nSPS) is 23.8. The summed E-state index contributed by atoms with van der Waals surface area (Å²) in [6.45, 7) is 15.2. The van der Waals surface area contributed by atoms with Gasteiger partial charge in [-0.15, -0.1) is 0 Å². The second kappa shape index (κ2) is 11.5. The van der Waals surface area contributed by atoms with Crippen LogP contribution in [-0.2, 0) is 19.6 Å². The zero-order valence-corrected chi connectivity index (χ0v) is 24.8. The molecular weight excluding hydrogens is 509 g/mol. The first-order chi connectivity index (χ1) is 17.6. The molecule has 1 aromatic rings. The van der Waals surface area contributed by atoms with E-state index in [1.165, 1.54) is 10.4 Å². The van der Waals surface area contributed by atoms with Crippen molar-refractivity contribution in [2.24, 2.45) is 17.3 Å². The van der Waals surface area contributed by atoms with Crippen LogP contribution in [0.25, 0.3) is 0 Å². The van der Waals surface area contributed by atoms with Gasteiger partial charge in [-0.2, -0.15) is 4.31 Å². The van der Waals surface area contributed by atoms with Crippen molar-refractivity contribution in [1.82, 2.24) is 14.5 Å². The van der Waals surface area contributed by atoms with Crippen molar-refractivity contribution >= 4 is 21.8 Å². The summed E-state index contributed by atoms with van der Waals surface area (Å²) in [5, 5.41) is 2.96. The fourth-order valence-corrected chi connectivity index (χ4v) is 7.34. The summed E-state index contributed by atoms with van der Waals surface area (Å²) in [5.41, 5.74) is -0.0953. The Morgan fingerprint density at radius 2 is 1.87 bits per heavy atom. The predicted octanol–water partition coefficient (Wildman–Crippen LogP) is 3.73. The maximum atomic E-state index is 14.3. The van der Waals surface area contributed by atoms with Crippen LogP contribution in [-0.4, -0.2) is 72.5 Å². The molecule has 2 heterocycles. The number of nitrogens with zero attached hydrogens (tertiary/aromatic N) is 2. The number of rotatable bonds is 9. The van der Waals surface area contributed by atoms with E-state index in [0.29, 0.717) is 24.9 Å². The Labute approximate surface area is 227 Å². The highest BCUT2D eigenvalue weighted by Gasteiger charge is 2.56. The van der Waals surface area contributed by atoms with Crippen LogP contribution in [0.3, 0.4) is 0 Å². The average Bonchev–Trinajstić information content (AvgIpc) is 3.38. The van der Waals surface area contributed by atoms with Crippen LogP contribution >= 0.6 is 0 Å². The molecule has 38 heavy (non-hydrogen) atoms. The lowest BCUT2D eigenvalue weighted by molar-refractivity contribution is -0.142. The van der Waals surface area contributed by atoms with Gasteiger partial charge in [-0.1, -0.05) is 54.5 Å². The molecule has 2 saturated heterocycles. The minimum atomic E-state index is -3.61. The van der Waals surface area contributed by atoms with Crippen LogP contribution in [0.4, 0.5) is 4.39 Å². The van der Waals surface area contributed by atoms with Gasteiger partial charge in [-0.05, 0) is 42.7 Å². The maximum absolute atomic E-state index is 14.3. The lowest BCUT2D eigenvalue weighted by atomic mass is 9.85. The number of carbonyl (C=O) groups is 2. The van der Waals surface area contributed by atoms with E-state index < -0.39 is 45.5 Å². The zero-order valence-electron chi connectivity index (χ0n) is 24.0. The molecule has 3 rings (SSSR count). The fourth-order valence-electron chi connectivity index (χ4n) is 5.29. The van der Waals surface area contributed by atoms with Gasteiger partial charge in [-0.25, -0.2) is 12.8 Å². The van der Waals surface area contributed by atoms with Gasteiger partial charge >= 0.3 is 0 Å². The Balaban J connectivity index is 1.97. The van der Waals surface area contributed by atoms with E-state index >= 15 is 0 Å². The highest BCUT2D eigenvalue weighted by Crippen LogP contribution is 2.38. The van der Waals surface area contributed by atoms with Crippen molar-refractivity contribution in [3.63, 3.8) is 0 Å². The average molecular weight is 554 g/mol. The molecule has 1 N–H and O–H groups in total. The first kappa shape index (κ1) is 30.3. The maximum Gasteiger partial charge on any atom is 0.246 e.